The van der Waals surface area contributed by atoms with E-state index >= 15 is 0 Å². The summed E-state index contributed by atoms with van der Waals surface area (Å²) in [5, 5.41) is 12.9. The maximum absolute atomic E-state index is 12.7. The van der Waals surface area contributed by atoms with Gasteiger partial charge in [0, 0.05) is 16.3 Å². The predicted molar refractivity (Wildman–Crippen MR) is 134 cm³/mol. The van der Waals surface area contributed by atoms with Crippen LogP contribution in [0.1, 0.15) is 11.1 Å². The Morgan fingerprint density at radius 3 is 2.38 bits per heavy atom. The molecule has 0 aromatic heterocycles. The van der Waals surface area contributed by atoms with E-state index in [-0.39, 0.29) is 23.8 Å². The molecule has 0 saturated carbocycles. The largest absolute Gasteiger partial charge is 0.497 e. The summed E-state index contributed by atoms with van der Waals surface area (Å²) in [5.41, 5.74) is 1.77. The first-order valence-corrected chi connectivity index (χ1v) is 11.0. The highest BCUT2D eigenvalue weighted by Crippen LogP contribution is 2.34. The molecule has 3 aromatic rings. The minimum Gasteiger partial charge on any atom is -0.497 e. The number of carbonyl (C=O) groups excluding carboxylic acids is 1. The van der Waals surface area contributed by atoms with Crippen molar-refractivity contribution in [3.63, 3.8) is 0 Å². The van der Waals surface area contributed by atoms with Gasteiger partial charge in [-0.1, -0.05) is 41.4 Å². The number of ether oxygens (including phenoxy) is 3. The van der Waals surface area contributed by atoms with E-state index < -0.39 is 5.91 Å². The Bertz CT molecular complexity index is 1230. The van der Waals surface area contributed by atoms with E-state index in [1.165, 1.54) is 12.1 Å². The minimum absolute atomic E-state index is 0.124. The molecule has 0 heterocycles. The number of rotatable bonds is 9. The van der Waals surface area contributed by atoms with Crippen molar-refractivity contribution in [1.82, 2.24) is 0 Å². The van der Waals surface area contributed by atoms with E-state index in [1.807, 2.05) is 25.1 Å². The minimum atomic E-state index is -0.554. The lowest BCUT2D eigenvalue weighted by atomic mass is 10.1. The second-order valence-corrected chi connectivity index (χ2v) is 7.96. The third-order valence-corrected chi connectivity index (χ3v) is 5.25. The standard InChI is InChI=1S/C26H22Cl2N2O4/c1-17-5-3-4-6-24(17)30-26(31)19(16-29)13-18-14-20(27)15-23(28)25(18)34-12-11-33-22-9-7-21(32-2)8-10-22/h3-10,13-15H,11-12H2,1-2H3,(H,30,31)/b19-13+. The summed E-state index contributed by atoms with van der Waals surface area (Å²) in [5.74, 6) is 1.13. The molecule has 174 valence electrons. The average Bonchev–Trinajstić information content (AvgIpc) is 2.83. The van der Waals surface area contributed by atoms with Gasteiger partial charge in [0.05, 0.1) is 12.1 Å². The van der Waals surface area contributed by atoms with Gasteiger partial charge in [0.25, 0.3) is 5.91 Å². The van der Waals surface area contributed by atoms with Crippen LogP contribution in [0.3, 0.4) is 0 Å². The predicted octanol–water partition coefficient (Wildman–Crippen LogP) is 6.31. The molecule has 0 aliphatic rings. The lowest BCUT2D eigenvalue weighted by molar-refractivity contribution is -0.112. The molecule has 0 radical (unpaired) electrons. The average molecular weight is 497 g/mol. The van der Waals surface area contributed by atoms with Gasteiger partial charge >= 0.3 is 0 Å². The fourth-order valence-corrected chi connectivity index (χ4v) is 3.59. The molecular weight excluding hydrogens is 475 g/mol. The first-order valence-electron chi connectivity index (χ1n) is 10.3. The van der Waals surface area contributed by atoms with Crippen molar-refractivity contribution in [2.45, 2.75) is 6.92 Å². The molecule has 0 aliphatic carbocycles. The molecule has 6 nitrogen and oxygen atoms in total. The Balaban J connectivity index is 1.74. The van der Waals surface area contributed by atoms with Crippen LogP contribution in [-0.2, 0) is 4.79 Å². The molecule has 0 unspecified atom stereocenters. The van der Waals surface area contributed by atoms with Gasteiger partial charge in [-0.25, -0.2) is 0 Å². The van der Waals surface area contributed by atoms with Crippen LogP contribution < -0.4 is 19.5 Å². The van der Waals surface area contributed by atoms with Crippen LogP contribution in [-0.4, -0.2) is 26.2 Å². The second-order valence-electron chi connectivity index (χ2n) is 7.12. The number of methoxy groups -OCH3 is 1. The number of carbonyl (C=O) groups is 1. The highest BCUT2D eigenvalue weighted by Gasteiger charge is 2.15. The highest BCUT2D eigenvalue weighted by molar-refractivity contribution is 6.36. The van der Waals surface area contributed by atoms with E-state index in [0.29, 0.717) is 27.8 Å². The maximum Gasteiger partial charge on any atom is 0.266 e. The Hall–Kier alpha value is -3.66. The van der Waals surface area contributed by atoms with Crippen LogP contribution in [0.2, 0.25) is 10.0 Å². The number of anilines is 1. The molecule has 0 atom stereocenters. The fraction of sp³-hybridized carbons (Fsp3) is 0.154. The summed E-state index contributed by atoms with van der Waals surface area (Å²) in [6, 6.07) is 19.5. The zero-order valence-electron chi connectivity index (χ0n) is 18.6. The van der Waals surface area contributed by atoms with Gasteiger partial charge in [0.2, 0.25) is 0 Å². The van der Waals surface area contributed by atoms with E-state index in [9.17, 15) is 10.1 Å². The van der Waals surface area contributed by atoms with Crippen molar-refractivity contribution >= 4 is 40.9 Å². The molecule has 0 saturated heterocycles. The Labute approximate surface area is 208 Å². The molecule has 1 amide bonds. The summed E-state index contributed by atoms with van der Waals surface area (Å²) in [6.45, 7) is 2.28. The molecule has 3 aromatic carbocycles. The third-order valence-electron chi connectivity index (χ3n) is 4.75. The van der Waals surface area contributed by atoms with Gasteiger partial charge in [0.15, 0.2) is 0 Å². The number of nitrogens with one attached hydrogen (secondary N) is 1. The number of hydrogen-bond donors (Lipinski definition) is 1. The smallest absolute Gasteiger partial charge is 0.266 e. The molecular formula is C26H22Cl2N2O4. The lowest BCUT2D eigenvalue weighted by Crippen LogP contribution is -2.14. The summed E-state index contributed by atoms with van der Waals surface area (Å²) >= 11 is 12.5. The van der Waals surface area contributed by atoms with Crippen molar-refractivity contribution in [3.05, 3.63) is 87.4 Å². The number of aryl methyl sites for hydroxylation is 1. The van der Waals surface area contributed by atoms with Crippen molar-refractivity contribution in [2.24, 2.45) is 0 Å². The first-order chi connectivity index (χ1) is 16.4. The van der Waals surface area contributed by atoms with Crippen molar-refractivity contribution in [3.8, 4) is 23.3 Å². The second kappa shape index (κ2) is 12.0. The fourth-order valence-electron chi connectivity index (χ4n) is 3.02. The topological polar surface area (TPSA) is 80.6 Å². The molecule has 0 aliphatic heterocycles. The van der Waals surface area contributed by atoms with E-state index in [0.717, 1.165) is 11.3 Å². The summed E-state index contributed by atoms with van der Waals surface area (Å²) in [4.78, 5) is 12.7. The highest BCUT2D eigenvalue weighted by atomic mass is 35.5. The van der Waals surface area contributed by atoms with Crippen molar-refractivity contribution in [2.75, 3.05) is 25.6 Å². The van der Waals surface area contributed by atoms with Crippen LogP contribution in [0.4, 0.5) is 5.69 Å². The van der Waals surface area contributed by atoms with Gasteiger partial charge in [0.1, 0.15) is 42.1 Å². The molecule has 0 spiro atoms. The van der Waals surface area contributed by atoms with E-state index in [1.54, 1.807) is 49.6 Å². The van der Waals surface area contributed by atoms with E-state index in [2.05, 4.69) is 5.32 Å². The quantitative estimate of drug-likeness (QED) is 0.213. The summed E-state index contributed by atoms with van der Waals surface area (Å²) < 4.78 is 16.6. The van der Waals surface area contributed by atoms with Gasteiger partial charge in [-0.2, -0.15) is 5.26 Å². The summed E-state index contributed by atoms with van der Waals surface area (Å²) in [6.07, 6.45) is 1.39. The Kier molecular flexibility index (Phi) is 8.80. The monoisotopic (exact) mass is 496 g/mol. The normalized spacial score (nSPS) is 10.9. The third kappa shape index (κ3) is 6.67. The molecule has 0 fully saturated rings. The van der Waals surface area contributed by atoms with Crippen LogP contribution >= 0.6 is 23.2 Å². The maximum atomic E-state index is 12.7. The number of benzene rings is 3. The SMILES string of the molecule is COc1ccc(OCCOc2c(Cl)cc(Cl)cc2/C=C(\C#N)C(=O)Nc2ccccc2C)cc1. The number of amides is 1. The molecule has 3 rings (SSSR count). The Morgan fingerprint density at radius 2 is 1.71 bits per heavy atom. The molecule has 1 N–H and O–H groups in total. The van der Waals surface area contributed by atoms with Gasteiger partial charge in [-0.05, 0) is 61.0 Å². The zero-order chi connectivity index (χ0) is 24.5. The van der Waals surface area contributed by atoms with Gasteiger partial charge in [-0.15, -0.1) is 0 Å². The van der Waals surface area contributed by atoms with Crippen LogP contribution in [0.25, 0.3) is 6.08 Å². The number of nitriles is 1. The van der Waals surface area contributed by atoms with Gasteiger partial charge in [-0.3, -0.25) is 4.79 Å². The van der Waals surface area contributed by atoms with E-state index in [4.69, 9.17) is 37.4 Å². The first kappa shape index (κ1) is 25.0. The zero-order valence-corrected chi connectivity index (χ0v) is 20.1. The number of hydrogen-bond acceptors (Lipinski definition) is 5. The van der Waals surface area contributed by atoms with Crippen LogP contribution in [0, 0.1) is 18.3 Å². The Morgan fingerprint density at radius 1 is 1.03 bits per heavy atom. The molecule has 0 bridgehead atoms. The van der Waals surface area contributed by atoms with Gasteiger partial charge < -0.3 is 19.5 Å². The number of para-hydroxylation sites is 1. The lowest BCUT2D eigenvalue weighted by Gasteiger charge is -2.13. The van der Waals surface area contributed by atoms with Crippen molar-refractivity contribution < 1.29 is 19.0 Å². The summed E-state index contributed by atoms with van der Waals surface area (Å²) in [7, 11) is 1.59. The van der Waals surface area contributed by atoms with Crippen LogP contribution in [0.5, 0.6) is 17.2 Å². The molecule has 8 heteroatoms. The van der Waals surface area contributed by atoms with Crippen molar-refractivity contribution in [1.29, 1.82) is 5.26 Å². The number of halogens is 2. The number of nitrogens with zero attached hydrogens (tertiary/aromatic N) is 1. The van der Waals surface area contributed by atoms with Crippen LogP contribution in [0.15, 0.2) is 66.2 Å². The molecule has 34 heavy (non-hydrogen) atoms.